The van der Waals surface area contributed by atoms with Gasteiger partial charge in [-0.3, -0.25) is 4.98 Å². The van der Waals surface area contributed by atoms with Crippen LogP contribution in [0.1, 0.15) is 64.4 Å². The van der Waals surface area contributed by atoms with Gasteiger partial charge in [-0.2, -0.15) is 0 Å². The van der Waals surface area contributed by atoms with Crippen molar-refractivity contribution in [2.24, 2.45) is 5.41 Å². The van der Waals surface area contributed by atoms with Crippen molar-refractivity contribution in [2.75, 3.05) is 6.54 Å². The Hall–Kier alpha value is -0.890. The molecule has 0 bridgehead atoms. The van der Waals surface area contributed by atoms with E-state index in [-0.39, 0.29) is 0 Å². The summed E-state index contributed by atoms with van der Waals surface area (Å²) in [7, 11) is 0. The highest BCUT2D eigenvalue weighted by molar-refractivity contribution is 5.19. The maximum absolute atomic E-state index is 4.15. The Morgan fingerprint density at radius 3 is 2.37 bits per heavy atom. The molecule has 1 saturated carbocycles. The van der Waals surface area contributed by atoms with Crippen LogP contribution in [0.3, 0.4) is 0 Å². The van der Waals surface area contributed by atoms with Crippen molar-refractivity contribution in [3.63, 3.8) is 0 Å². The fourth-order valence-corrected chi connectivity index (χ4v) is 3.97. The van der Waals surface area contributed by atoms with E-state index >= 15 is 0 Å². The van der Waals surface area contributed by atoms with Crippen LogP contribution < -0.4 is 5.32 Å². The SMILES string of the molecule is CCNC(C(C)c1ccncc1)C1(CC)CCCC1. The van der Waals surface area contributed by atoms with Gasteiger partial charge < -0.3 is 5.32 Å². The van der Waals surface area contributed by atoms with Gasteiger partial charge in [0.2, 0.25) is 0 Å². The number of nitrogens with one attached hydrogen (secondary N) is 1. The van der Waals surface area contributed by atoms with E-state index in [9.17, 15) is 0 Å². The molecule has 0 aliphatic heterocycles. The van der Waals surface area contributed by atoms with Gasteiger partial charge in [-0.15, -0.1) is 0 Å². The monoisotopic (exact) mass is 260 g/mol. The highest BCUT2D eigenvalue weighted by Crippen LogP contribution is 2.47. The van der Waals surface area contributed by atoms with Crippen molar-refractivity contribution >= 4 is 0 Å². The van der Waals surface area contributed by atoms with Gasteiger partial charge in [-0.1, -0.05) is 33.6 Å². The number of hydrogen-bond acceptors (Lipinski definition) is 2. The number of likely N-dealkylation sites (N-methyl/N-ethyl adjacent to an activating group) is 1. The molecule has 0 spiro atoms. The minimum Gasteiger partial charge on any atom is -0.313 e. The summed E-state index contributed by atoms with van der Waals surface area (Å²) in [6.45, 7) is 8.03. The van der Waals surface area contributed by atoms with Crippen molar-refractivity contribution in [1.82, 2.24) is 10.3 Å². The normalized spacial score (nSPS) is 21.2. The zero-order chi connectivity index (χ0) is 13.7. The number of aromatic nitrogens is 1. The zero-order valence-electron chi connectivity index (χ0n) is 12.7. The minimum atomic E-state index is 0.499. The van der Waals surface area contributed by atoms with Gasteiger partial charge in [0, 0.05) is 18.4 Å². The largest absolute Gasteiger partial charge is 0.313 e. The lowest BCUT2D eigenvalue weighted by atomic mass is 9.70. The summed E-state index contributed by atoms with van der Waals surface area (Å²) in [5, 5.41) is 3.79. The first kappa shape index (κ1) is 14.5. The first-order valence-electron chi connectivity index (χ1n) is 7.87. The molecule has 1 heterocycles. The van der Waals surface area contributed by atoms with Crippen LogP contribution in [0.25, 0.3) is 0 Å². The molecule has 2 heteroatoms. The molecule has 1 aromatic rings. The Bertz CT molecular complexity index is 368. The number of hydrogen-bond donors (Lipinski definition) is 1. The van der Waals surface area contributed by atoms with Crippen LogP contribution in [-0.4, -0.2) is 17.6 Å². The third kappa shape index (κ3) is 3.00. The molecule has 1 aromatic heterocycles. The molecule has 0 amide bonds. The molecular formula is C17H28N2. The molecule has 106 valence electrons. The Balaban J connectivity index is 2.24. The Morgan fingerprint density at radius 1 is 1.21 bits per heavy atom. The maximum Gasteiger partial charge on any atom is 0.0270 e. The van der Waals surface area contributed by atoms with E-state index in [0.29, 0.717) is 17.4 Å². The third-order valence-electron chi connectivity index (χ3n) is 5.12. The highest BCUT2D eigenvalue weighted by atomic mass is 14.9. The first-order chi connectivity index (χ1) is 9.23. The molecule has 2 unspecified atom stereocenters. The van der Waals surface area contributed by atoms with Crippen LogP contribution in [0, 0.1) is 5.41 Å². The van der Waals surface area contributed by atoms with Crippen LogP contribution in [0.15, 0.2) is 24.5 Å². The van der Waals surface area contributed by atoms with Crippen molar-refractivity contribution in [3.8, 4) is 0 Å². The minimum absolute atomic E-state index is 0.499. The highest BCUT2D eigenvalue weighted by Gasteiger charge is 2.42. The average Bonchev–Trinajstić information content (AvgIpc) is 2.95. The van der Waals surface area contributed by atoms with Gasteiger partial charge in [-0.05, 0) is 54.8 Å². The van der Waals surface area contributed by atoms with E-state index in [1.807, 2.05) is 12.4 Å². The maximum atomic E-state index is 4.15. The van der Waals surface area contributed by atoms with E-state index in [1.165, 1.54) is 37.7 Å². The summed E-state index contributed by atoms with van der Waals surface area (Å²) >= 11 is 0. The lowest BCUT2D eigenvalue weighted by molar-refractivity contribution is 0.166. The van der Waals surface area contributed by atoms with Crippen LogP contribution in [0.5, 0.6) is 0 Å². The van der Waals surface area contributed by atoms with Crippen molar-refractivity contribution < 1.29 is 0 Å². The van der Waals surface area contributed by atoms with Gasteiger partial charge in [-0.25, -0.2) is 0 Å². The second-order valence-corrected chi connectivity index (χ2v) is 6.03. The van der Waals surface area contributed by atoms with E-state index in [0.717, 1.165) is 6.54 Å². The summed E-state index contributed by atoms with van der Waals surface area (Å²) in [5.74, 6) is 0.556. The number of pyridine rings is 1. The van der Waals surface area contributed by atoms with Crippen molar-refractivity contribution in [2.45, 2.75) is 64.8 Å². The average molecular weight is 260 g/mol. The second kappa shape index (κ2) is 6.51. The van der Waals surface area contributed by atoms with Gasteiger partial charge in [0.25, 0.3) is 0 Å². The molecule has 0 aromatic carbocycles. The van der Waals surface area contributed by atoms with Crippen LogP contribution in [-0.2, 0) is 0 Å². The molecule has 1 N–H and O–H groups in total. The molecule has 1 fully saturated rings. The predicted molar refractivity (Wildman–Crippen MR) is 81.3 cm³/mol. The molecule has 2 atom stereocenters. The molecule has 19 heavy (non-hydrogen) atoms. The fourth-order valence-electron chi connectivity index (χ4n) is 3.97. The van der Waals surface area contributed by atoms with E-state index in [2.05, 4.69) is 43.2 Å². The van der Waals surface area contributed by atoms with E-state index in [1.54, 1.807) is 0 Å². The predicted octanol–water partition coefficient (Wildman–Crippen LogP) is 4.13. The Labute approximate surface area is 118 Å². The van der Waals surface area contributed by atoms with Gasteiger partial charge in [0.15, 0.2) is 0 Å². The standard InChI is InChI=1S/C17H28N2/c1-4-17(10-6-7-11-17)16(19-5-2)14(3)15-8-12-18-13-9-15/h8-9,12-14,16,19H,4-7,10-11H2,1-3H3. The Morgan fingerprint density at radius 2 is 1.84 bits per heavy atom. The summed E-state index contributed by atoms with van der Waals surface area (Å²) in [6.07, 6.45) is 10.7. The van der Waals surface area contributed by atoms with Gasteiger partial charge in [0.05, 0.1) is 0 Å². The van der Waals surface area contributed by atoms with E-state index in [4.69, 9.17) is 0 Å². The summed E-state index contributed by atoms with van der Waals surface area (Å²) in [4.78, 5) is 4.15. The fraction of sp³-hybridized carbons (Fsp3) is 0.706. The Kier molecular flexibility index (Phi) is 4.98. The molecule has 2 rings (SSSR count). The van der Waals surface area contributed by atoms with Gasteiger partial charge >= 0.3 is 0 Å². The van der Waals surface area contributed by atoms with Crippen molar-refractivity contribution in [3.05, 3.63) is 30.1 Å². The van der Waals surface area contributed by atoms with E-state index < -0.39 is 0 Å². The smallest absolute Gasteiger partial charge is 0.0270 e. The molecule has 2 nitrogen and oxygen atoms in total. The molecule has 0 radical (unpaired) electrons. The lowest BCUT2D eigenvalue weighted by Crippen LogP contribution is -2.47. The van der Waals surface area contributed by atoms with Crippen molar-refractivity contribution in [1.29, 1.82) is 0 Å². The molecule has 0 saturated heterocycles. The zero-order valence-corrected chi connectivity index (χ0v) is 12.7. The van der Waals surface area contributed by atoms with Crippen LogP contribution in [0.2, 0.25) is 0 Å². The lowest BCUT2D eigenvalue weighted by Gasteiger charge is -2.41. The van der Waals surface area contributed by atoms with Crippen LogP contribution >= 0.6 is 0 Å². The molecular weight excluding hydrogens is 232 g/mol. The molecule has 1 aliphatic carbocycles. The second-order valence-electron chi connectivity index (χ2n) is 6.03. The summed E-state index contributed by atoms with van der Waals surface area (Å²) in [5.41, 5.74) is 1.92. The number of nitrogens with zero attached hydrogens (tertiary/aromatic N) is 1. The molecule has 1 aliphatic rings. The third-order valence-corrected chi connectivity index (χ3v) is 5.12. The quantitative estimate of drug-likeness (QED) is 0.831. The summed E-state index contributed by atoms with van der Waals surface area (Å²) < 4.78 is 0. The summed E-state index contributed by atoms with van der Waals surface area (Å²) in [6, 6.07) is 4.94. The first-order valence-corrected chi connectivity index (χ1v) is 7.87. The van der Waals surface area contributed by atoms with Gasteiger partial charge in [0.1, 0.15) is 0 Å². The topological polar surface area (TPSA) is 24.9 Å². The van der Waals surface area contributed by atoms with Crippen LogP contribution in [0.4, 0.5) is 0 Å². The number of rotatable bonds is 6.